The average Bonchev–Trinajstić information content (AvgIpc) is 3.18. The molecule has 1 aliphatic rings. The summed E-state index contributed by atoms with van der Waals surface area (Å²) >= 11 is 0. The summed E-state index contributed by atoms with van der Waals surface area (Å²) in [7, 11) is -3.94. The second-order valence-corrected chi connectivity index (χ2v) is 8.42. The standard InChI is InChI=1S/C20H22N2O5S/c23-19(22-13-7-12-18(22)20(24)25)17(14-15-8-3-1-4-9-15)21-28(26,27)16-10-5-2-6-11-16/h1-6,8-11,17-18,21H,7,12-14H2,(H,24,25)/t17-,18-/m0/s1. The van der Waals surface area contributed by atoms with E-state index in [1.807, 2.05) is 6.07 Å². The number of nitrogens with one attached hydrogen (secondary N) is 1. The molecule has 148 valence electrons. The molecule has 0 saturated carbocycles. The molecule has 2 aromatic carbocycles. The second kappa shape index (κ2) is 8.53. The van der Waals surface area contributed by atoms with Crippen molar-refractivity contribution in [3.05, 3.63) is 66.2 Å². The minimum Gasteiger partial charge on any atom is -0.480 e. The normalized spacial score (nSPS) is 18.0. The Labute approximate surface area is 164 Å². The number of sulfonamides is 1. The molecule has 0 aliphatic carbocycles. The zero-order valence-corrected chi connectivity index (χ0v) is 16.0. The molecule has 2 N–H and O–H groups in total. The van der Waals surface area contributed by atoms with Crippen LogP contribution < -0.4 is 4.72 Å². The molecule has 1 heterocycles. The van der Waals surface area contributed by atoms with Gasteiger partial charge in [0.05, 0.1) is 4.90 Å². The van der Waals surface area contributed by atoms with Crippen molar-refractivity contribution in [3.8, 4) is 0 Å². The smallest absolute Gasteiger partial charge is 0.326 e. The van der Waals surface area contributed by atoms with E-state index in [1.54, 1.807) is 42.5 Å². The maximum Gasteiger partial charge on any atom is 0.326 e. The number of hydrogen-bond donors (Lipinski definition) is 2. The first-order valence-electron chi connectivity index (χ1n) is 9.03. The fraction of sp³-hybridized carbons (Fsp3) is 0.300. The summed E-state index contributed by atoms with van der Waals surface area (Å²) in [6, 6.07) is 14.8. The molecule has 1 amide bonds. The number of amides is 1. The molecule has 1 aliphatic heterocycles. The summed E-state index contributed by atoms with van der Waals surface area (Å²) < 4.78 is 28.0. The third-order valence-electron chi connectivity index (χ3n) is 4.75. The van der Waals surface area contributed by atoms with Crippen molar-refractivity contribution in [1.82, 2.24) is 9.62 Å². The predicted octanol–water partition coefficient (Wildman–Crippen LogP) is 1.65. The number of nitrogens with zero attached hydrogens (tertiary/aromatic N) is 1. The molecule has 7 nitrogen and oxygen atoms in total. The largest absolute Gasteiger partial charge is 0.480 e. The number of carboxylic acid groups (broad SMARTS) is 1. The number of hydrogen-bond acceptors (Lipinski definition) is 4. The van der Waals surface area contributed by atoms with Crippen LogP contribution in [0.1, 0.15) is 18.4 Å². The lowest BCUT2D eigenvalue weighted by Gasteiger charge is -2.27. The van der Waals surface area contributed by atoms with Gasteiger partial charge in [-0.3, -0.25) is 4.79 Å². The summed E-state index contributed by atoms with van der Waals surface area (Å²) in [5, 5.41) is 9.38. The van der Waals surface area contributed by atoms with E-state index in [4.69, 9.17) is 0 Å². The maximum atomic E-state index is 13.1. The van der Waals surface area contributed by atoms with Gasteiger partial charge >= 0.3 is 5.97 Å². The summed E-state index contributed by atoms with van der Waals surface area (Å²) in [5.74, 6) is -1.59. The first-order valence-corrected chi connectivity index (χ1v) is 10.5. The highest BCUT2D eigenvalue weighted by molar-refractivity contribution is 7.89. The van der Waals surface area contributed by atoms with Gasteiger partial charge in [0.2, 0.25) is 15.9 Å². The molecule has 0 radical (unpaired) electrons. The Bertz CT molecular complexity index is 932. The Hall–Kier alpha value is -2.71. The van der Waals surface area contributed by atoms with E-state index in [-0.39, 0.29) is 11.3 Å². The third-order valence-corrected chi connectivity index (χ3v) is 6.24. The Balaban J connectivity index is 1.89. The molecule has 1 saturated heterocycles. The van der Waals surface area contributed by atoms with E-state index in [1.165, 1.54) is 17.0 Å². The molecule has 2 aromatic rings. The SMILES string of the molecule is O=C(O)[C@@H]1CCCN1C(=O)[C@H](Cc1ccccc1)NS(=O)(=O)c1ccccc1. The van der Waals surface area contributed by atoms with Crippen LogP contribution in [0.25, 0.3) is 0 Å². The summed E-state index contributed by atoms with van der Waals surface area (Å²) in [5.41, 5.74) is 0.780. The van der Waals surface area contributed by atoms with Crippen LogP contribution in [0.15, 0.2) is 65.6 Å². The van der Waals surface area contributed by atoms with E-state index < -0.39 is 34.0 Å². The van der Waals surface area contributed by atoms with Crippen LogP contribution >= 0.6 is 0 Å². The van der Waals surface area contributed by atoms with Gasteiger partial charge in [-0.05, 0) is 37.0 Å². The summed E-state index contributed by atoms with van der Waals surface area (Å²) in [6.07, 6.45) is 1.07. The van der Waals surface area contributed by atoms with E-state index in [0.717, 1.165) is 5.56 Å². The number of aliphatic carboxylic acids is 1. The van der Waals surface area contributed by atoms with Crippen molar-refractivity contribution in [3.63, 3.8) is 0 Å². The molecule has 8 heteroatoms. The highest BCUT2D eigenvalue weighted by atomic mass is 32.2. The molecule has 0 unspecified atom stereocenters. The molecule has 28 heavy (non-hydrogen) atoms. The molecule has 0 aromatic heterocycles. The second-order valence-electron chi connectivity index (χ2n) is 6.70. The van der Waals surface area contributed by atoms with Crippen molar-refractivity contribution in [1.29, 1.82) is 0 Å². The van der Waals surface area contributed by atoms with Gasteiger partial charge in [-0.1, -0.05) is 48.5 Å². The molecule has 3 rings (SSSR count). The number of carbonyl (C=O) groups excluding carboxylic acids is 1. The lowest BCUT2D eigenvalue weighted by atomic mass is 10.1. The summed E-state index contributed by atoms with van der Waals surface area (Å²) in [4.78, 5) is 25.9. The molecule has 1 fully saturated rings. The van der Waals surface area contributed by atoms with Crippen molar-refractivity contribution >= 4 is 21.9 Å². The minimum absolute atomic E-state index is 0.0528. The molecule has 2 atom stereocenters. The van der Waals surface area contributed by atoms with E-state index in [9.17, 15) is 23.1 Å². The lowest BCUT2D eigenvalue weighted by molar-refractivity contribution is -0.148. The van der Waals surface area contributed by atoms with E-state index >= 15 is 0 Å². The Kier molecular flexibility index (Phi) is 6.11. The van der Waals surface area contributed by atoms with Crippen LogP contribution in [0, 0.1) is 0 Å². The Morgan fingerprint density at radius 3 is 2.29 bits per heavy atom. The first-order chi connectivity index (χ1) is 13.4. The van der Waals surface area contributed by atoms with Gasteiger partial charge < -0.3 is 10.0 Å². The van der Waals surface area contributed by atoms with Gasteiger partial charge in [-0.25, -0.2) is 13.2 Å². The zero-order chi connectivity index (χ0) is 20.1. The number of carbonyl (C=O) groups is 2. The third kappa shape index (κ3) is 4.58. The number of benzene rings is 2. The van der Waals surface area contributed by atoms with Gasteiger partial charge in [0, 0.05) is 6.54 Å². The van der Waals surface area contributed by atoms with Gasteiger partial charge in [0.15, 0.2) is 0 Å². The lowest BCUT2D eigenvalue weighted by Crippen LogP contribution is -2.52. The van der Waals surface area contributed by atoms with Crippen molar-refractivity contribution < 1.29 is 23.1 Å². The Morgan fingerprint density at radius 1 is 1.07 bits per heavy atom. The minimum atomic E-state index is -3.94. The van der Waals surface area contributed by atoms with E-state index in [2.05, 4.69) is 4.72 Å². The summed E-state index contributed by atoms with van der Waals surface area (Å²) in [6.45, 7) is 0.300. The number of likely N-dealkylation sites (tertiary alicyclic amines) is 1. The van der Waals surface area contributed by atoms with Crippen molar-refractivity contribution in [2.24, 2.45) is 0 Å². The molecule has 0 spiro atoms. The van der Waals surface area contributed by atoms with Crippen LogP contribution in [-0.2, 0) is 26.0 Å². The van der Waals surface area contributed by atoms with Gasteiger partial charge in [0.25, 0.3) is 0 Å². The quantitative estimate of drug-likeness (QED) is 0.733. The first kappa shape index (κ1) is 20.0. The van der Waals surface area contributed by atoms with Gasteiger partial charge in [-0.2, -0.15) is 4.72 Å². The zero-order valence-electron chi connectivity index (χ0n) is 15.2. The predicted molar refractivity (Wildman–Crippen MR) is 103 cm³/mol. The molecular weight excluding hydrogens is 380 g/mol. The van der Waals surface area contributed by atoms with Crippen LogP contribution in [0.4, 0.5) is 0 Å². The van der Waals surface area contributed by atoms with Crippen LogP contribution in [0.2, 0.25) is 0 Å². The van der Waals surface area contributed by atoms with E-state index in [0.29, 0.717) is 19.4 Å². The highest BCUT2D eigenvalue weighted by Gasteiger charge is 2.38. The van der Waals surface area contributed by atoms with Gasteiger partial charge in [0.1, 0.15) is 12.1 Å². The van der Waals surface area contributed by atoms with Crippen molar-refractivity contribution in [2.75, 3.05) is 6.54 Å². The Morgan fingerprint density at radius 2 is 1.68 bits per heavy atom. The van der Waals surface area contributed by atoms with Crippen LogP contribution in [0.5, 0.6) is 0 Å². The van der Waals surface area contributed by atoms with Gasteiger partial charge in [-0.15, -0.1) is 0 Å². The maximum absolute atomic E-state index is 13.1. The molecule has 0 bridgehead atoms. The fourth-order valence-electron chi connectivity index (χ4n) is 3.37. The topological polar surface area (TPSA) is 104 Å². The monoisotopic (exact) mass is 402 g/mol. The number of carboxylic acids is 1. The molecular formula is C20H22N2O5S. The number of rotatable bonds is 7. The average molecular weight is 402 g/mol. The van der Waals surface area contributed by atoms with Crippen LogP contribution in [-0.4, -0.2) is 48.9 Å². The highest BCUT2D eigenvalue weighted by Crippen LogP contribution is 2.20. The fourth-order valence-corrected chi connectivity index (χ4v) is 4.58. The van der Waals surface area contributed by atoms with Crippen molar-refractivity contribution in [2.45, 2.75) is 36.2 Å². The van der Waals surface area contributed by atoms with Crippen LogP contribution in [0.3, 0.4) is 0 Å².